The highest BCUT2D eigenvalue weighted by Crippen LogP contribution is 2.25. The molecule has 3 rings (SSSR count). The van der Waals surface area contributed by atoms with Gasteiger partial charge in [0, 0.05) is 5.69 Å². The van der Waals surface area contributed by atoms with Crippen molar-refractivity contribution >= 4 is 19.1 Å². The van der Waals surface area contributed by atoms with E-state index in [1.54, 1.807) is 0 Å². The molecule has 0 radical (unpaired) electrons. The molecule has 1 aliphatic carbocycles. The Kier molecular flexibility index (Phi) is 3.57. The monoisotopic (exact) mass is 277 g/mol. The summed E-state index contributed by atoms with van der Waals surface area (Å²) in [5.41, 5.74) is 1.21. The second-order valence-electron chi connectivity index (χ2n) is 5.31. The van der Waals surface area contributed by atoms with Crippen LogP contribution in [-0.2, 0) is 0 Å². The van der Waals surface area contributed by atoms with Crippen molar-refractivity contribution in [1.29, 1.82) is 0 Å². The van der Waals surface area contributed by atoms with Crippen LogP contribution in [0.1, 0.15) is 6.42 Å². The summed E-state index contributed by atoms with van der Waals surface area (Å²) < 4.78 is 0. The summed E-state index contributed by atoms with van der Waals surface area (Å²) in [5, 5.41) is 2.96. The lowest BCUT2D eigenvalue weighted by Gasteiger charge is -2.31. The largest absolute Gasteiger partial charge is 0.404 e. The Morgan fingerprint density at radius 1 is 0.900 bits per heavy atom. The van der Waals surface area contributed by atoms with Crippen molar-refractivity contribution in [2.75, 3.05) is 4.98 Å². The smallest absolute Gasteiger partial charge is 0.211 e. The van der Waals surface area contributed by atoms with Gasteiger partial charge in [0.2, 0.25) is 8.24 Å². The lowest BCUT2D eigenvalue weighted by Crippen LogP contribution is -2.54. The molecule has 0 saturated carbocycles. The van der Waals surface area contributed by atoms with Crippen molar-refractivity contribution in [3.05, 3.63) is 84.1 Å². The average Bonchev–Trinajstić information content (AvgIpc) is 3.04. The van der Waals surface area contributed by atoms with E-state index in [9.17, 15) is 0 Å². The molecule has 1 atom stereocenters. The van der Waals surface area contributed by atoms with Gasteiger partial charge < -0.3 is 4.98 Å². The van der Waals surface area contributed by atoms with E-state index in [2.05, 4.69) is 90.4 Å². The molecular weight excluding hydrogens is 258 g/mol. The topological polar surface area (TPSA) is 12.0 Å². The van der Waals surface area contributed by atoms with Gasteiger partial charge in [0.15, 0.2) is 0 Å². The summed E-state index contributed by atoms with van der Waals surface area (Å²) in [6.45, 7) is 2.40. The van der Waals surface area contributed by atoms with Crippen molar-refractivity contribution in [2.24, 2.45) is 0 Å². The molecule has 0 heterocycles. The Labute approximate surface area is 121 Å². The third-order valence-electron chi connectivity index (χ3n) is 3.93. The molecular formula is C18H19NSi. The summed E-state index contributed by atoms with van der Waals surface area (Å²) in [7, 11) is -1.88. The number of benzene rings is 2. The van der Waals surface area contributed by atoms with Crippen LogP contribution in [0.2, 0.25) is 6.55 Å². The van der Waals surface area contributed by atoms with Crippen LogP contribution < -0.4 is 10.2 Å². The van der Waals surface area contributed by atoms with Crippen LogP contribution in [0.25, 0.3) is 0 Å². The molecule has 1 N–H and O–H groups in total. The van der Waals surface area contributed by atoms with Crippen LogP contribution in [0.5, 0.6) is 0 Å². The average molecular weight is 277 g/mol. The predicted molar refractivity (Wildman–Crippen MR) is 89.6 cm³/mol. The van der Waals surface area contributed by atoms with Crippen LogP contribution in [0.4, 0.5) is 5.69 Å². The van der Waals surface area contributed by atoms with Gasteiger partial charge in [-0.3, -0.25) is 0 Å². The Morgan fingerprint density at radius 2 is 1.55 bits per heavy atom. The van der Waals surface area contributed by atoms with Gasteiger partial charge in [-0.1, -0.05) is 72.0 Å². The molecule has 100 valence electrons. The van der Waals surface area contributed by atoms with Gasteiger partial charge in [-0.2, -0.15) is 0 Å². The fourth-order valence-electron chi connectivity index (χ4n) is 2.74. The summed E-state index contributed by atoms with van der Waals surface area (Å²) in [5.74, 6) is 0. The quantitative estimate of drug-likeness (QED) is 0.833. The lowest BCUT2D eigenvalue weighted by atomic mass is 10.3. The van der Waals surface area contributed by atoms with E-state index in [-0.39, 0.29) is 0 Å². The Hall–Kier alpha value is -2.06. The van der Waals surface area contributed by atoms with Gasteiger partial charge in [-0.25, -0.2) is 0 Å². The fraction of sp³-hybridized carbons (Fsp3) is 0.111. The number of para-hydroxylation sites is 1. The normalized spacial score (nSPS) is 16.6. The number of rotatable bonds is 4. The number of hydrogen-bond donors (Lipinski definition) is 1. The number of hydrogen-bond acceptors (Lipinski definition) is 1. The first kappa shape index (κ1) is 12.9. The van der Waals surface area contributed by atoms with E-state index in [1.165, 1.54) is 16.1 Å². The minimum atomic E-state index is -1.88. The summed E-state index contributed by atoms with van der Waals surface area (Å²) in [6, 6.07) is 21.4. The number of nitrogens with one attached hydrogen (secondary N) is 1. The maximum atomic E-state index is 3.84. The third kappa shape index (κ3) is 2.47. The zero-order chi connectivity index (χ0) is 13.8. The number of anilines is 1. The van der Waals surface area contributed by atoms with Gasteiger partial charge in [-0.05, 0) is 30.3 Å². The zero-order valence-electron chi connectivity index (χ0n) is 11.7. The first-order valence-corrected chi connectivity index (χ1v) is 9.54. The maximum absolute atomic E-state index is 3.84. The van der Waals surface area contributed by atoms with E-state index in [0.29, 0.717) is 0 Å². The van der Waals surface area contributed by atoms with Crippen LogP contribution in [0.3, 0.4) is 0 Å². The summed E-state index contributed by atoms with van der Waals surface area (Å²) in [4.78, 5) is 3.84. The van der Waals surface area contributed by atoms with Crippen molar-refractivity contribution in [3.63, 3.8) is 0 Å². The van der Waals surface area contributed by atoms with Crippen molar-refractivity contribution in [2.45, 2.75) is 13.0 Å². The molecule has 0 aromatic heterocycles. The standard InChI is InChI=1S/C18H19NSi/c1-20(18-14-8-9-15-18,17-12-6-3-7-13-17)19-16-10-4-2-5-11-16/h2-14,19H,15H2,1H3. The van der Waals surface area contributed by atoms with Crippen LogP contribution >= 0.6 is 0 Å². The Morgan fingerprint density at radius 3 is 2.15 bits per heavy atom. The van der Waals surface area contributed by atoms with Gasteiger partial charge in [0.1, 0.15) is 0 Å². The molecule has 20 heavy (non-hydrogen) atoms. The van der Waals surface area contributed by atoms with E-state index in [4.69, 9.17) is 0 Å². The van der Waals surface area contributed by atoms with Crippen molar-refractivity contribution in [3.8, 4) is 0 Å². The molecule has 2 aromatic rings. The molecule has 0 spiro atoms. The van der Waals surface area contributed by atoms with Crippen molar-refractivity contribution in [1.82, 2.24) is 0 Å². The molecule has 0 saturated heterocycles. The SMILES string of the molecule is C[Si](Nc1ccccc1)(C1=CC=CC1)c1ccccc1. The molecule has 0 fully saturated rings. The predicted octanol–water partition coefficient (Wildman–Crippen LogP) is 4.01. The molecule has 1 unspecified atom stereocenters. The van der Waals surface area contributed by atoms with Gasteiger partial charge >= 0.3 is 0 Å². The second kappa shape index (κ2) is 5.51. The summed E-state index contributed by atoms with van der Waals surface area (Å²) >= 11 is 0. The second-order valence-corrected chi connectivity index (χ2v) is 9.03. The van der Waals surface area contributed by atoms with E-state index >= 15 is 0 Å². The van der Waals surface area contributed by atoms with E-state index in [0.717, 1.165) is 6.42 Å². The van der Waals surface area contributed by atoms with Gasteiger partial charge in [0.25, 0.3) is 0 Å². The summed E-state index contributed by atoms with van der Waals surface area (Å²) in [6.07, 6.45) is 7.78. The first-order valence-electron chi connectivity index (χ1n) is 7.04. The highest BCUT2D eigenvalue weighted by molar-refractivity contribution is 6.99. The molecule has 2 heteroatoms. The maximum Gasteiger partial charge on any atom is 0.211 e. The highest BCUT2D eigenvalue weighted by Gasteiger charge is 2.34. The third-order valence-corrected chi connectivity index (χ3v) is 7.86. The van der Waals surface area contributed by atoms with E-state index < -0.39 is 8.24 Å². The molecule has 2 aromatic carbocycles. The van der Waals surface area contributed by atoms with Gasteiger partial charge in [-0.15, -0.1) is 0 Å². The molecule has 0 bridgehead atoms. The number of allylic oxidation sites excluding steroid dienone is 4. The Bertz CT molecular complexity index is 631. The van der Waals surface area contributed by atoms with Crippen molar-refractivity contribution < 1.29 is 0 Å². The fourth-order valence-corrected chi connectivity index (χ4v) is 5.97. The molecule has 0 amide bonds. The lowest BCUT2D eigenvalue weighted by molar-refractivity contribution is 1.35. The Balaban J connectivity index is 2.00. The minimum Gasteiger partial charge on any atom is -0.404 e. The first-order chi connectivity index (χ1) is 9.79. The molecule has 1 nitrogen and oxygen atoms in total. The van der Waals surface area contributed by atoms with Gasteiger partial charge in [0.05, 0.1) is 0 Å². The van der Waals surface area contributed by atoms with Crippen LogP contribution in [0, 0.1) is 0 Å². The molecule has 1 aliphatic rings. The zero-order valence-corrected chi connectivity index (χ0v) is 12.7. The van der Waals surface area contributed by atoms with Crippen LogP contribution in [0.15, 0.2) is 84.1 Å². The minimum absolute atomic E-state index is 1.07. The van der Waals surface area contributed by atoms with E-state index in [1.807, 2.05) is 0 Å². The van der Waals surface area contributed by atoms with Crippen LogP contribution in [-0.4, -0.2) is 8.24 Å². The highest BCUT2D eigenvalue weighted by atomic mass is 28.3. The molecule has 0 aliphatic heterocycles.